The Kier molecular flexibility index (Phi) is 10.4. The number of thioether (sulfide) groups is 1. The first kappa shape index (κ1) is 22.2. The number of hydrogen-bond donors (Lipinski definition) is 1. The van der Waals surface area contributed by atoms with Gasteiger partial charge in [0.1, 0.15) is 5.82 Å². The number of rotatable bonds is 7. The Morgan fingerprint density at radius 1 is 1.40 bits per heavy atom. The van der Waals surface area contributed by atoms with Gasteiger partial charge >= 0.3 is 0 Å². The van der Waals surface area contributed by atoms with Gasteiger partial charge in [-0.25, -0.2) is 9.37 Å². The molecule has 1 heterocycles. The van der Waals surface area contributed by atoms with Gasteiger partial charge < -0.3 is 10.2 Å². The summed E-state index contributed by atoms with van der Waals surface area (Å²) in [5.74, 6) is 1.41. The minimum atomic E-state index is -0.172. The molecule has 0 unspecified atom stereocenters. The summed E-state index contributed by atoms with van der Waals surface area (Å²) in [6, 6.07) is 6.84. The van der Waals surface area contributed by atoms with Gasteiger partial charge in [0, 0.05) is 29.6 Å². The number of nitrogens with zero attached hydrogens (tertiary/aromatic N) is 3. The molecule has 1 aromatic heterocycles. The van der Waals surface area contributed by atoms with Crippen LogP contribution in [0.25, 0.3) is 0 Å². The summed E-state index contributed by atoms with van der Waals surface area (Å²) in [5, 5.41) is 6.43. The van der Waals surface area contributed by atoms with Crippen LogP contribution in [0.3, 0.4) is 0 Å². The number of thiazole rings is 1. The Labute approximate surface area is 174 Å². The maximum absolute atomic E-state index is 13.6. The topological polar surface area (TPSA) is 40.5 Å². The third-order valence-electron chi connectivity index (χ3n) is 3.21. The van der Waals surface area contributed by atoms with E-state index in [0.29, 0.717) is 11.4 Å². The second kappa shape index (κ2) is 11.7. The Morgan fingerprint density at radius 2 is 2.16 bits per heavy atom. The first-order chi connectivity index (χ1) is 11.6. The Bertz CT molecular complexity index is 678. The van der Waals surface area contributed by atoms with E-state index in [0.717, 1.165) is 35.5 Å². The number of benzene rings is 1. The van der Waals surface area contributed by atoms with E-state index in [4.69, 9.17) is 0 Å². The van der Waals surface area contributed by atoms with E-state index < -0.39 is 0 Å². The van der Waals surface area contributed by atoms with Crippen LogP contribution in [0.1, 0.15) is 17.6 Å². The predicted molar refractivity (Wildman–Crippen MR) is 117 cm³/mol. The third kappa shape index (κ3) is 7.49. The van der Waals surface area contributed by atoms with Crippen LogP contribution in [0, 0.1) is 12.7 Å². The number of guanidine groups is 1. The molecule has 0 aliphatic carbocycles. The van der Waals surface area contributed by atoms with Crippen molar-refractivity contribution in [1.29, 1.82) is 0 Å². The molecular weight excluding hydrogens is 470 g/mol. The van der Waals surface area contributed by atoms with Crippen LogP contribution in [0.4, 0.5) is 4.39 Å². The third-order valence-corrected chi connectivity index (χ3v) is 5.06. The van der Waals surface area contributed by atoms with Gasteiger partial charge in [-0.2, -0.15) is 0 Å². The first-order valence-corrected chi connectivity index (χ1v) is 9.74. The molecule has 1 N–H and O–H groups in total. The standard InChI is InChI=1S/C17H23FN4S2.HI/c1-4-19-17(22(3)11-14-12-24-13(2)21-14)20-9-10-23-16-8-6-5-7-15(16)18;/h5-8,12H,4,9-11H2,1-3H3,(H,19,20);1H. The van der Waals surface area contributed by atoms with Crippen molar-refractivity contribution in [2.75, 3.05) is 25.9 Å². The fraction of sp³-hybridized carbons (Fsp3) is 0.412. The molecule has 0 fully saturated rings. The van der Waals surface area contributed by atoms with E-state index in [-0.39, 0.29) is 29.8 Å². The molecule has 25 heavy (non-hydrogen) atoms. The van der Waals surface area contributed by atoms with Gasteiger partial charge in [-0.15, -0.1) is 47.1 Å². The van der Waals surface area contributed by atoms with Gasteiger partial charge in [0.2, 0.25) is 0 Å². The van der Waals surface area contributed by atoms with E-state index >= 15 is 0 Å². The maximum Gasteiger partial charge on any atom is 0.194 e. The molecule has 0 atom stereocenters. The van der Waals surface area contributed by atoms with Crippen molar-refractivity contribution in [3.05, 3.63) is 46.2 Å². The van der Waals surface area contributed by atoms with Crippen molar-refractivity contribution in [3.63, 3.8) is 0 Å². The predicted octanol–water partition coefficient (Wildman–Crippen LogP) is 4.40. The highest BCUT2D eigenvalue weighted by Crippen LogP contribution is 2.20. The van der Waals surface area contributed by atoms with Gasteiger partial charge in [-0.05, 0) is 26.0 Å². The van der Waals surface area contributed by atoms with Gasteiger partial charge in [0.05, 0.1) is 23.8 Å². The molecule has 0 aliphatic rings. The number of aryl methyl sites for hydroxylation is 1. The molecule has 138 valence electrons. The molecule has 0 aliphatic heterocycles. The fourth-order valence-corrected chi connectivity index (χ4v) is 3.52. The monoisotopic (exact) mass is 494 g/mol. The molecule has 0 radical (unpaired) electrons. The summed E-state index contributed by atoms with van der Waals surface area (Å²) in [6.45, 7) is 6.20. The van der Waals surface area contributed by atoms with E-state index in [1.54, 1.807) is 23.5 Å². The lowest BCUT2D eigenvalue weighted by molar-refractivity contribution is 0.471. The molecule has 1 aromatic carbocycles. The minimum Gasteiger partial charge on any atom is -0.357 e. The molecule has 0 spiro atoms. The summed E-state index contributed by atoms with van der Waals surface area (Å²) < 4.78 is 13.6. The van der Waals surface area contributed by atoms with Crippen LogP contribution >= 0.6 is 47.1 Å². The Hall–Kier alpha value is -0.870. The molecule has 2 aromatic rings. The van der Waals surface area contributed by atoms with Gasteiger partial charge in [-0.3, -0.25) is 4.99 Å². The van der Waals surface area contributed by atoms with E-state index in [9.17, 15) is 4.39 Å². The number of aromatic nitrogens is 1. The highest BCUT2D eigenvalue weighted by Gasteiger charge is 2.08. The largest absolute Gasteiger partial charge is 0.357 e. The molecule has 0 saturated heterocycles. The summed E-state index contributed by atoms with van der Waals surface area (Å²) in [4.78, 5) is 11.8. The molecule has 0 amide bonds. The Morgan fingerprint density at radius 3 is 2.80 bits per heavy atom. The van der Waals surface area contributed by atoms with Crippen molar-refractivity contribution in [2.45, 2.75) is 25.3 Å². The molecule has 4 nitrogen and oxygen atoms in total. The second-order valence-corrected chi connectivity index (χ2v) is 7.43. The van der Waals surface area contributed by atoms with Crippen LogP contribution in [-0.2, 0) is 6.54 Å². The van der Waals surface area contributed by atoms with Crippen molar-refractivity contribution >= 4 is 53.0 Å². The van der Waals surface area contributed by atoms with Crippen LogP contribution in [0.2, 0.25) is 0 Å². The number of nitrogens with one attached hydrogen (secondary N) is 1. The van der Waals surface area contributed by atoms with Crippen molar-refractivity contribution in [3.8, 4) is 0 Å². The number of halogens is 2. The normalized spacial score (nSPS) is 11.1. The van der Waals surface area contributed by atoms with Gasteiger partial charge in [-0.1, -0.05) is 12.1 Å². The summed E-state index contributed by atoms with van der Waals surface area (Å²) in [6.07, 6.45) is 0. The lowest BCUT2D eigenvalue weighted by Crippen LogP contribution is -2.38. The van der Waals surface area contributed by atoms with Crippen molar-refractivity contribution < 1.29 is 4.39 Å². The zero-order valence-corrected chi connectivity index (χ0v) is 18.6. The zero-order valence-electron chi connectivity index (χ0n) is 14.7. The molecule has 8 heteroatoms. The van der Waals surface area contributed by atoms with Crippen LogP contribution in [0.5, 0.6) is 0 Å². The van der Waals surface area contributed by atoms with Crippen LogP contribution in [0.15, 0.2) is 39.5 Å². The number of hydrogen-bond acceptors (Lipinski definition) is 4. The van der Waals surface area contributed by atoms with Crippen molar-refractivity contribution in [1.82, 2.24) is 15.2 Å². The lowest BCUT2D eigenvalue weighted by atomic mass is 10.3. The maximum atomic E-state index is 13.6. The van der Waals surface area contributed by atoms with Crippen molar-refractivity contribution in [2.24, 2.45) is 4.99 Å². The minimum absolute atomic E-state index is 0. The van der Waals surface area contributed by atoms with E-state index in [1.807, 2.05) is 27.0 Å². The second-order valence-electron chi connectivity index (χ2n) is 5.23. The molecule has 0 bridgehead atoms. The quantitative estimate of drug-likeness (QED) is 0.204. The molecular formula is C17H24FIN4S2. The van der Waals surface area contributed by atoms with Gasteiger partial charge in [0.25, 0.3) is 0 Å². The van der Waals surface area contributed by atoms with E-state index in [2.05, 4.69) is 25.6 Å². The fourth-order valence-electron chi connectivity index (χ4n) is 2.14. The highest BCUT2D eigenvalue weighted by molar-refractivity contribution is 14.0. The average molecular weight is 494 g/mol. The summed E-state index contributed by atoms with van der Waals surface area (Å²) in [7, 11) is 2.00. The Balaban J connectivity index is 0.00000312. The van der Waals surface area contributed by atoms with Crippen LogP contribution in [-0.4, -0.2) is 41.7 Å². The first-order valence-electron chi connectivity index (χ1n) is 7.88. The van der Waals surface area contributed by atoms with Crippen LogP contribution < -0.4 is 5.32 Å². The zero-order chi connectivity index (χ0) is 17.4. The molecule has 0 saturated carbocycles. The molecule has 2 rings (SSSR count). The highest BCUT2D eigenvalue weighted by atomic mass is 127. The number of aliphatic imine (C=N–C) groups is 1. The summed E-state index contributed by atoms with van der Waals surface area (Å²) >= 11 is 3.14. The van der Waals surface area contributed by atoms with E-state index in [1.165, 1.54) is 17.8 Å². The summed E-state index contributed by atoms with van der Waals surface area (Å²) in [5.41, 5.74) is 1.05. The smallest absolute Gasteiger partial charge is 0.194 e. The van der Waals surface area contributed by atoms with Gasteiger partial charge in [0.15, 0.2) is 5.96 Å². The average Bonchev–Trinajstić information content (AvgIpc) is 2.96. The SMILES string of the molecule is CCNC(=NCCSc1ccccc1F)N(C)Cc1csc(C)n1.I. The lowest BCUT2D eigenvalue weighted by Gasteiger charge is -2.21.